The highest BCUT2D eigenvalue weighted by Gasteiger charge is 2.25. The van der Waals surface area contributed by atoms with Crippen LogP contribution in [-0.2, 0) is 0 Å². The van der Waals surface area contributed by atoms with Crippen molar-refractivity contribution in [3.63, 3.8) is 0 Å². The first-order chi connectivity index (χ1) is 8.11. The van der Waals surface area contributed by atoms with E-state index >= 15 is 0 Å². The Morgan fingerprint density at radius 2 is 2.29 bits per heavy atom. The molecule has 0 aliphatic carbocycles. The molecular weight excluding hydrogens is 278 g/mol. The molecule has 1 aliphatic heterocycles. The van der Waals surface area contributed by atoms with E-state index in [0.29, 0.717) is 5.92 Å². The number of benzene rings is 1. The van der Waals surface area contributed by atoms with Gasteiger partial charge in [-0.05, 0) is 37.0 Å². The van der Waals surface area contributed by atoms with E-state index in [1.54, 1.807) is 0 Å². The van der Waals surface area contributed by atoms with Crippen molar-refractivity contribution in [3.05, 3.63) is 33.8 Å². The number of carbonyl (C=O) groups excluding carboxylic acids is 1. The van der Waals surface area contributed by atoms with Crippen LogP contribution in [0.25, 0.3) is 0 Å². The minimum absolute atomic E-state index is 0.168. The zero-order valence-corrected chi connectivity index (χ0v) is 12.0. The Labute approximate surface area is 111 Å². The smallest absolute Gasteiger partial charge is 0.253 e. The predicted molar refractivity (Wildman–Crippen MR) is 73.2 cm³/mol. The van der Waals surface area contributed by atoms with E-state index in [-0.39, 0.29) is 5.91 Å². The molecule has 17 heavy (non-hydrogen) atoms. The average Bonchev–Trinajstić information content (AvgIpc) is 2.80. The van der Waals surface area contributed by atoms with Crippen LogP contribution in [0.3, 0.4) is 0 Å². The van der Waals surface area contributed by atoms with Crippen molar-refractivity contribution in [1.82, 2.24) is 4.90 Å². The summed E-state index contributed by atoms with van der Waals surface area (Å²) in [6.45, 7) is 6.05. The van der Waals surface area contributed by atoms with E-state index in [1.807, 2.05) is 30.0 Å². The van der Waals surface area contributed by atoms with Crippen LogP contribution in [0, 0.1) is 12.8 Å². The lowest BCUT2D eigenvalue weighted by atomic mass is 10.1. The van der Waals surface area contributed by atoms with Gasteiger partial charge in [0.05, 0.1) is 0 Å². The van der Waals surface area contributed by atoms with E-state index in [1.165, 1.54) is 6.42 Å². The quantitative estimate of drug-likeness (QED) is 0.816. The van der Waals surface area contributed by atoms with Crippen LogP contribution in [0.5, 0.6) is 0 Å². The fourth-order valence-corrected chi connectivity index (χ4v) is 2.64. The lowest BCUT2D eigenvalue weighted by Crippen LogP contribution is -2.28. The van der Waals surface area contributed by atoms with Crippen molar-refractivity contribution in [2.45, 2.75) is 26.7 Å². The first-order valence-corrected chi connectivity index (χ1v) is 6.96. The summed E-state index contributed by atoms with van der Waals surface area (Å²) in [5.74, 6) is 0.856. The zero-order valence-electron chi connectivity index (χ0n) is 10.4. The molecule has 1 atom stereocenters. The normalized spacial score (nSPS) is 19.7. The summed E-state index contributed by atoms with van der Waals surface area (Å²) in [5.41, 5.74) is 1.95. The Morgan fingerprint density at radius 3 is 2.88 bits per heavy atom. The Balaban J connectivity index is 2.12. The highest BCUT2D eigenvalue weighted by atomic mass is 79.9. The lowest BCUT2D eigenvalue weighted by Gasteiger charge is -2.16. The number of hydrogen-bond acceptors (Lipinski definition) is 1. The van der Waals surface area contributed by atoms with Crippen molar-refractivity contribution >= 4 is 21.8 Å². The molecule has 1 amide bonds. The number of likely N-dealkylation sites (tertiary alicyclic amines) is 1. The lowest BCUT2D eigenvalue weighted by molar-refractivity contribution is 0.0787. The molecule has 0 spiro atoms. The van der Waals surface area contributed by atoms with Gasteiger partial charge < -0.3 is 4.90 Å². The first-order valence-electron chi connectivity index (χ1n) is 6.17. The van der Waals surface area contributed by atoms with Crippen LogP contribution in [-0.4, -0.2) is 23.9 Å². The molecule has 1 aromatic carbocycles. The molecule has 1 saturated heterocycles. The van der Waals surface area contributed by atoms with Gasteiger partial charge in [0.1, 0.15) is 0 Å². The molecule has 0 aromatic heterocycles. The van der Waals surface area contributed by atoms with Crippen molar-refractivity contribution in [2.75, 3.05) is 13.1 Å². The van der Waals surface area contributed by atoms with E-state index in [4.69, 9.17) is 0 Å². The molecule has 2 nitrogen and oxygen atoms in total. The van der Waals surface area contributed by atoms with Crippen molar-refractivity contribution in [2.24, 2.45) is 5.92 Å². The fraction of sp³-hybridized carbons (Fsp3) is 0.500. The molecule has 92 valence electrons. The minimum atomic E-state index is 0.168. The number of hydrogen-bond donors (Lipinski definition) is 0. The van der Waals surface area contributed by atoms with E-state index < -0.39 is 0 Å². The maximum atomic E-state index is 12.3. The standard InChI is InChI=1S/C14H18BrNO/c1-3-11-6-7-16(9-11)14(17)12-5-4-10(2)13(15)8-12/h4-5,8,11H,3,6-7,9H2,1-2H3. The maximum absolute atomic E-state index is 12.3. The van der Waals surface area contributed by atoms with Crippen LogP contribution in [0.4, 0.5) is 0 Å². The molecule has 1 aliphatic rings. The summed E-state index contributed by atoms with van der Waals surface area (Å²) in [6, 6.07) is 5.84. The van der Waals surface area contributed by atoms with Gasteiger partial charge >= 0.3 is 0 Å². The van der Waals surface area contributed by atoms with Gasteiger partial charge in [0.2, 0.25) is 0 Å². The largest absolute Gasteiger partial charge is 0.338 e. The molecule has 1 aromatic rings. The Kier molecular flexibility index (Phi) is 3.87. The molecule has 0 saturated carbocycles. The molecule has 2 rings (SSSR count). The second-order valence-electron chi connectivity index (χ2n) is 4.78. The summed E-state index contributed by atoms with van der Waals surface area (Å²) < 4.78 is 1.01. The summed E-state index contributed by atoms with van der Waals surface area (Å²) in [6.07, 6.45) is 2.32. The number of aryl methyl sites for hydroxylation is 1. The molecule has 1 unspecified atom stereocenters. The van der Waals surface area contributed by atoms with Gasteiger partial charge in [-0.2, -0.15) is 0 Å². The van der Waals surface area contributed by atoms with Gasteiger partial charge in [-0.15, -0.1) is 0 Å². The van der Waals surface area contributed by atoms with Gasteiger partial charge in [-0.25, -0.2) is 0 Å². The molecule has 0 bridgehead atoms. The molecule has 1 fully saturated rings. The van der Waals surface area contributed by atoms with Crippen molar-refractivity contribution < 1.29 is 4.79 Å². The topological polar surface area (TPSA) is 20.3 Å². The average molecular weight is 296 g/mol. The Morgan fingerprint density at radius 1 is 1.53 bits per heavy atom. The van der Waals surface area contributed by atoms with Gasteiger partial charge in [0.25, 0.3) is 5.91 Å². The highest BCUT2D eigenvalue weighted by molar-refractivity contribution is 9.10. The van der Waals surface area contributed by atoms with Crippen LogP contribution in [0.2, 0.25) is 0 Å². The monoisotopic (exact) mass is 295 g/mol. The third kappa shape index (κ3) is 2.71. The third-order valence-corrected chi connectivity index (χ3v) is 4.42. The number of rotatable bonds is 2. The van der Waals surface area contributed by atoms with E-state index in [2.05, 4.69) is 22.9 Å². The zero-order chi connectivity index (χ0) is 12.4. The van der Waals surface area contributed by atoms with Crippen molar-refractivity contribution in [3.8, 4) is 0 Å². The highest BCUT2D eigenvalue weighted by Crippen LogP contribution is 2.23. The fourth-order valence-electron chi connectivity index (χ4n) is 2.26. The predicted octanol–water partition coefficient (Wildman–Crippen LogP) is 3.63. The minimum Gasteiger partial charge on any atom is -0.338 e. The number of halogens is 1. The molecule has 0 radical (unpaired) electrons. The molecular formula is C14H18BrNO. The summed E-state index contributed by atoms with van der Waals surface area (Å²) in [5, 5.41) is 0. The summed E-state index contributed by atoms with van der Waals surface area (Å²) >= 11 is 3.48. The molecule has 0 N–H and O–H groups in total. The van der Waals surface area contributed by atoms with E-state index in [9.17, 15) is 4.79 Å². The number of carbonyl (C=O) groups is 1. The molecule has 3 heteroatoms. The van der Waals surface area contributed by atoms with E-state index in [0.717, 1.165) is 35.1 Å². The third-order valence-electron chi connectivity index (χ3n) is 3.57. The Bertz CT molecular complexity index is 430. The van der Waals surface area contributed by atoms with Crippen LogP contribution in [0.15, 0.2) is 22.7 Å². The molecule has 1 heterocycles. The number of amides is 1. The summed E-state index contributed by atoms with van der Waals surface area (Å²) in [7, 11) is 0. The van der Waals surface area contributed by atoms with Gasteiger partial charge in [-0.3, -0.25) is 4.79 Å². The van der Waals surface area contributed by atoms with Gasteiger partial charge in [-0.1, -0.05) is 35.3 Å². The Hall–Kier alpha value is -0.830. The van der Waals surface area contributed by atoms with Crippen LogP contribution >= 0.6 is 15.9 Å². The van der Waals surface area contributed by atoms with Crippen LogP contribution in [0.1, 0.15) is 35.7 Å². The summed E-state index contributed by atoms with van der Waals surface area (Å²) in [4.78, 5) is 14.3. The van der Waals surface area contributed by atoms with Gasteiger partial charge in [0, 0.05) is 23.1 Å². The number of nitrogens with zero attached hydrogens (tertiary/aromatic N) is 1. The maximum Gasteiger partial charge on any atom is 0.253 e. The first kappa shape index (κ1) is 12.6. The SMILES string of the molecule is CCC1CCN(C(=O)c2ccc(C)c(Br)c2)C1. The van der Waals surface area contributed by atoms with Crippen molar-refractivity contribution in [1.29, 1.82) is 0 Å². The second-order valence-corrected chi connectivity index (χ2v) is 5.63. The van der Waals surface area contributed by atoms with Crippen LogP contribution < -0.4 is 0 Å². The van der Waals surface area contributed by atoms with Gasteiger partial charge in [0.15, 0.2) is 0 Å². The second kappa shape index (κ2) is 5.21.